The molecular weight excluding hydrogens is 380 g/mol. The van der Waals surface area contributed by atoms with Crippen LogP contribution in [0.1, 0.15) is 30.9 Å². The van der Waals surface area contributed by atoms with Gasteiger partial charge < -0.3 is 14.6 Å². The van der Waals surface area contributed by atoms with E-state index in [-0.39, 0.29) is 36.1 Å². The average Bonchev–Trinajstić information content (AvgIpc) is 2.67. The second-order valence-electron chi connectivity index (χ2n) is 7.59. The van der Waals surface area contributed by atoms with E-state index in [1.165, 1.54) is 0 Å². The number of aromatic nitrogens is 1. The number of nitrogens with zero attached hydrogens (tertiary/aromatic N) is 2. The van der Waals surface area contributed by atoms with Crippen molar-refractivity contribution >= 4 is 23.5 Å². The summed E-state index contributed by atoms with van der Waals surface area (Å²) in [4.78, 5) is 38.0. The van der Waals surface area contributed by atoms with Crippen molar-refractivity contribution in [1.82, 2.24) is 9.47 Å². The Labute approximate surface area is 167 Å². The first kappa shape index (κ1) is 18.7. The van der Waals surface area contributed by atoms with E-state index < -0.39 is 5.97 Å². The average molecular weight is 401 g/mol. The number of hydrogen-bond acceptors (Lipinski definition) is 3. The summed E-state index contributed by atoms with van der Waals surface area (Å²) in [5.74, 6) is -0.769. The van der Waals surface area contributed by atoms with Crippen molar-refractivity contribution in [2.24, 2.45) is 5.92 Å². The van der Waals surface area contributed by atoms with Gasteiger partial charge in [0.2, 0.25) is 5.91 Å². The number of carboxylic acids is 1. The van der Waals surface area contributed by atoms with Gasteiger partial charge in [0, 0.05) is 48.3 Å². The Bertz CT molecular complexity index is 983. The summed E-state index contributed by atoms with van der Waals surface area (Å²) < 4.78 is 1.85. The smallest absolute Gasteiger partial charge is 0.303 e. The fraction of sp³-hybridized carbons (Fsp3) is 0.381. The normalized spacial score (nSPS) is 20.5. The molecule has 2 aliphatic heterocycles. The molecule has 1 fully saturated rings. The zero-order valence-corrected chi connectivity index (χ0v) is 16.1. The van der Waals surface area contributed by atoms with E-state index in [1.807, 2.05) is 28.8 Å². The van der Waals surface area contributed by atoms with E-state index in [4.69, 9.17) is 16.7 Å². The lowest BCUT2D eigenvalue weighted by Gasteiger charge is -2.43. The van der Waals surface area contributed by atoms with Crippen LogP contribution in [0, 0.1) is 5.92 Å². The van der Waals surface area contributed by atoms with Gasteiger partial charge in [-0.3, -0.25) is 14.4 Å². The van der Waals surface area contributed by atoms with Gasteiger partial charge in [-0.25, -0.2) is 0 Å². The number of benzene rings is 1. The van der Waals surface area contributed by atoms with E-state index in [0.717, 1.165) is 17.7 Å². The molecule has 2 aromatic rings. The number of carbonyl (C=O) groups is 2. The maximum absolute atomic E-state index is 13.1. The highest BCUT2D eigenvalue weighted by molar-refractivity contribution is 6.30. The molecule has 2 atom stereocenters. The molecule has 3 heterocycles. The lowest BCUT2D eigenvalue weighted by Crippen LogP contribution is -2.49. The van der Waals surface area contributed by atoms with E-state index in [0.29, 0.717) is 30.2 Å². The van der Waals surface area contributed by atoms with Crippen LogP contribution < -0.4 is 5.56 Å². The van der Waals surface area contributed by atoms with Gasteiger partial charge in [-0.15, -0.1) is 0 Å². The Hall–Kier alpha value is -2.60. The Morgan fingerprint density at radius 3 is 2.50 bits per heavy atom. The van der Waals surface area contributed by atoms with Crippen molar-refractivity contribution in [3.8, 4) is 11.1 Å². The fourth-order valence-corrected chi connectivity index (χ4v) is 4.50. The fourth-order valence-electron chi connectivity index (χ4n) is 4.37. The Morgan fingerprint density at radius 1 is 1.04 bits per heavy atom. The predicted octanol–water partition coefficient (Wildman–Crippen LogP) is 2.98. The first-order chi connectivity index (χ1) is 13.4. The SMILES string of the molecule is O=C(O)CCC(=O)N1CC2CC(C1)c1ccc(-c3ccc(Cl)cc3)c(=O)n1C2. The zero-order valence-electron chi connectivity index (χ0n) is 15.3. The third kappa shape index (κ3) is 3.56. The summed E-state index contributed by atoms with van der Waals surface area (Å²) >= 11 is 5.95. The van der Waals surface area contributed by atoms with E-state index in [9.17, 15) is 14.4 Å². The molecule has 2 unspecified atom stereocenters. The summed E-state index contributed by atoms with van der Waals surface area (Å²) in [6.07, 6.45) is 0.824. The second kappa shape index (κ2) is 7.43. The second-order valence-corrected chi connectivity index (χ2v) is 8.02. The van der Waals surface area contributed by atoms with Crippen molar-refractivity contribution in [3.63, 3.8) is 0 Å². The molecule has 1 saturated heterocycles. The minimum atomic E-state index is -0.961. The summed E-state index contributed by atoms with van der Waals surface area (Å²) in [5.41, 5.74) is 2.43. The summed E-state index contributed by atoms with van der Waals surface area (Å²) in [6.45, 7) is 1.69. The molecule has 1 amide bonds. The predicted molar refractivity (Wildman–Crippen MR) is 105 cm³/mol. The highest BCUT2D eigenvalue weighted by atomic mass is 35.5. The molecular formula is C21H21ClN2O4. The monoisotopic (exact) mass is 400 g/mol. The van der Waals surface area contributed by atoms with Crippen LogP contribution in [0.3, 0.4) is 0 Å². The number of pyridine rings is 1. The molecule has 0 saturated carbocycles. The van der Waals surface area contributed by atoms with Gasteiger partial charge in [-0.05, 0) is 42.2 Å². The largest absolute Gasteiger partial charge is 0.481 e. The van der Waals surface area contributed by atoms with Gasteiger partial charge >= 0.3 is 5.97 Å². The van der Waals surface area contributed by atoms with Crippen LogP contribution in [0.25, 0.3) is 11.1 Å². The molecule has 28 heavy (non-hydrogen) atoms. The number of amides is 1. The number of piperidine rings is 1. The van der Waals surface area contributed by atoms with Crippen LogP contribution in [0.15, 0.2) is 41.2 Å². The van der Waals surface area contributed by atoms with Gasteiger partial charge in [0.15, 0.2) is 0 Å². The number of likely N-dealkylation sites (tertiary alicyclic amines) is 1. The van der Waals surface area contributed by atoms with Gasteiger partial charge in [0.25, 0.3) is 5.56 Å². The number of rotatable bonds is 4. The third-order valence-corrected chi connectivity index (χ3v) is 5.92. The van der Waals surface area contributed by atoms with Crippen molar-refractivity contribution in [3.05, 3.63) is 57.5 Å². The lowest BCUT2D eigenvalue weighted by atomic mass is 9.82. The minimum absolute atomic E-state index is 0.0137. The standard InChI is InChI=1S/C21H21ClN2O4/c22-16-3-1-14(2-4-16)17-5-6-18-15-9-13(11-24(18)21(17)28)10-23(12-15)19(25)7-8-20(26)27/h1-6,13,15H,7-12H2,(H,26,27). The van der Waals surface area contributed by atoms with Crippen molar-refractivity contribution < 1.29 is 14.7 Å². The van der Waals surface area contributed by atoms with Crippen molar-refractivity contribution in [1.29, 1.82) is 0 Å². The zero-order chi connectivity index (χ0) is 19.8. The van der Waals surface area contributed by atoms with E-state index in [1.54, 1.807) is 17.0 Å². The van der Waals surface area contributed by atoms with Crippen LogP contribution in [0.4, 0.5) is 0 Å². The molecule has 2 bridgehead atoms. The topological polar surface area (TPSA) is 79.6 Å². The first-order valence-electron chi connectivity index (χ1n) is 9.41. The molecule has 4 rings (SSSR count). The van der Waals surface area contributed by atoms with Gasteiger partial charge in [0.1, 0.15) is 0 Å². The Morgan fingerprint density at radius 2 is 1.79 bits per heavy atom. The third-order valence-electron chi connectivity index (χ3n) is 5.66. The number of hydrogen-bond donors (Lipinski definition) is 1. The maximum atomic E-state index is 13.1. The molecule has 1 N–H and O–H groups in total. The molecule has 146 valence electrons. The molecule has 0 radical (unpaired) electrons. The molecule has 6 nitrogen and oxygen atoms in total. The van der Waals surface area contributed by atoms with Crippen molar-refractivity contribution in [2.45, 2.75) is 31.7 Å². The molecule has 2 aliphatic rings. The minimum Gasteiger partial charge on any atom is -0.481 e. The number of carboxylic acid groups (broad SMARTS) is 1. The Kier molecular flexibility index (Phi) is 4.98. The van der Waals surface area contributed by atoms with Gasteiger partial charge in [0.05, 0.1) is 6.42 Å². The quantitative estimate of drug-likeness (QED) is 0.855. The van der Waals surface area contributed by atoms with Crippen LogP contribution in [0.2, 0.25) is 5.02 Å². The maximum Gasteiger partial charge on any atom is 0.303 e. The highest BCUT2D eigenvalue weighted by Crippen LogP contribution is 2.36. The molecule has 1 aromatic heterocycles. The van der Waals surface area contributed by atoms with Gasteiger partial charge in [-0.2, -0.15) is 0 Å². The van der Waals surface area contributed by atoms with Crippen LogP contribution in [-0.2, 0) is 16.1 Å². The molecule has 7 heteroatoms. The summed E-state index contributed by atoms with van der Waals surface area (Å²) in [6, 6.07) is 11.1. The van der Waals surface area contributed by atoms with E-state index >= 15 is 0 Å². The Balaban J connectivity index is 1.60. The molecule has 0 spiro atoms. The molecule has 0 aliphatic carbocycles. The number of fused-ring (bicyclic) bond motifs is 4. The van der Waals surface area contributed by atoms with Crippen LogP contribution in [-0.4, -0.2) is 39.5 Å². The number of carbonyl (C=O) groups excluding carboxylic acids is 1. The lowest BCUT2D eigenvalue weighted by molar-refractivity contribution is -0.141. The first-order valence-corrected chi connectivity index (χ1v) is 9.79. The van der Waals surface area contributed by atoms with Crippen LogP contribution in [0.5, 0.6) is 0 Å². The summed E-state index contributed by atoms with van der Waals surface area (Å²) in [5, 5.41) is 9.43. The van der Waals surface area contributed by atoms with E-state index in [2.05, 4.69) is 0 Å². The van der Waals surface area contributed by atoms with Crippen LogP contribution >= 0.6 is 11.6 Å². The summed E-state index contributed by atoms with van der Waals surface area (Å²) in [7, 11) is 0. The molecule has 1 aromatic carbocycles. The van der Waals surface area contributed by atoms with Gasteiger partial charge in [-0.1, -0.05) is 23.7 Å². The van der Waals surface area contributed by atoms with Crippen molar-refractivity contribution in [2.75, 3.05) is 13.1 Å². The number of aliphatic carboxylic acids is 1. The highest BCUT2D eigenvalue weighted by Gasteiger charge is 2.36. The number of halogens is 1.